The quantitative estimate of drug-likeness (QED) is 0.681. The first-order chi connectivity index (χ1) is 7.83. The average Bonchev–Trinajstić information content (AvgIpc) is 3.13. The number of rotatable bonds is 7. The monoisotopic (exact) mass is 222 g/mol. The molecule has 0 heterocycles. The van der Waals surface area contributed by atoms with Gasteiger partial charge in [0, 0.05) is 6.04 Å². The first-order valence-electron chi connectivity index (χ1n) is 6.83. The zero-order chi connectivity index (χ0) is 11.0. The third-order valence-corrected chi connectivity index (χ3v) is 4.06. The van der Waals surface area contributed by atoms with E-state index in [9.17, 15) is 4.79 Å². The second kappa shape index (κ2) is 4.36. The molecule has 0 spiro atoms. The molecular weight excluding hydrogens is 200 g/mol. The summed E-state index contributed by atoms with van der Waals surface area (Å²) in [6.07, 6.45) is 8.07. The molecule has 3 aliphatic rings. The molecule has 1 amide bonds. The van der Waals surface area contributed by atoms with Gasteiger partial charge in [0.05, 0.1) is 6.54 Å². The third kappa shape index (κ3) is 2.97. The standard InChI is InChI=1S/C13H22N2O/c16-13(15-11-5-6-11)8-14-7-12(9-1-2-9)10-3-4-10/h9-12,14H,1-8H2,(H,15,16). The minimum atomic E-state index is 0.188. The summed E-state index contributed by atoms with van der Waals surface area (Å²) in [6, 6.07) is 0.497. The predicted octanol–water partition coefficient (Wildman–Crippen LogP) is 1.29. The molecule has 0 aromatic rings. The van der Waals surface area contributed by atoms with E-state index in [1.807, 2.05) is 0 Å². The lowest BCUT2D eigenvalue weighted by atomic mass is 9.98. The Labute approximate surface area is 97.4 Å². The molecule has 0 unspecified atom stereocenters. The highest BCUT2D eigenvalue weighted by atomic mass is 16.2. The molecule has 0 aromatic carbocycles. The lowest BCUT2D eigenvalue weighted by molar-refractivity contribution is -0.120. The summed E-state index contributed by atoms with van der Waals surface area (Å²) in [5.74, 6) is 3.01. The van der Waals surface area contributed by atoms with E-state index in [1.165, 1.54) is 38.5 Å². The molecule has 3 aliphatic carbocycles. The number of carbonyl (C=O) groups is 1. The Morgan fingerprint density at radius 3 is 2.19 bits per heavy atom. The molecule has 16 heavy (non-hydrogen) atoms. The lowest BCUT2D eigenvalue weighted by Gasteiger charge is -2.15. The van der Waals surface area contributed by atoms with Crippen molar-refractivity contribution in [1.82, 2.24) is 10.6 Å². The second-order valence-electron chi connectivity index (χ2n) is 5.81. The molecule has 0 radical (unpaired) electrons. The van der Waals surface area contributed by atoms with E-state index in [-0.39, 0.29) is 5.91 Å². The predicted molar refractivity (Wildman–Crippen MR) is 63.0 cm³/mol. The summed E-state index contributed by atoms with van der Waals surface area (Å²) in [6.45, 7) is 1.58. The van der Waals surface area contributed by atoms with Gasteiger partial charge in [0.2, 0.25) is 5.91 Å². The maximum absolute atomic E-state index is 11.5. The fraction of sp³-hybridized carbons (Fsp3) is 0.923. The van der Waals surface area contributed by atoms with E-state index in [0.717, 1.165) is 24.3 Å². The molecule has 0 saturated heterocycles. The maximum atomic E-state index is 11.5. The molecular formula is C13H22N2O. The van der Waals surface area contributed by atoms with E-state index in [1.54, 1.807) is 0 Å². The molecule has 3 saturated carbocycles. The molecule has 0 aliphatic heterocycles. The molecule has 3 heteroatoms. The minimum absolute atomic E-state index is 0.188. The highest BCUT2D eigenvalue weighted by Gasteiger charge is 2.40. The van der Waals surface area contributed by atoms with E-state index in [0.29, 0.717) is 12.6 Å². The van der Waals surface area contributed by atoms with Crippen molar-refractivity contribution in [3.63, 3.8) is 0 Å². The van der Waals surface area contributed by atoms with Gasteiger partial charge in [-0.15, -0.1) is 0 Å². The van der Waals surface area contributed by atoms with Gasteiger partial charge in [0.25, 0.3) is 0 Å². The Balaban J connectivity index is 1.33. The van der Waals surface area contributed by atoms with Crippen LogP contribution in [0.25, 0.3) is 0 Å². The molecule has 2 N–H and O–H groups in total. The highest BCUT2D eigenvalue weighted by Crippen LogP contribution is 2.48. The van der Waals surface area contributed by atoms with Crippen LogP contribution in [0.4, 0.5) is 0 Å². The summed E-state index contributed by atoms with van der Waals surface area (Å²) in [5.41, 5.74) is 0. The van der Waals surface area contributed by atoms with E-state index in [2.05, 4.69) is 10.6 Å². The van der Waals surface area contributed by atoms with Crippen LogP contribution in [0.3, 0.4) is 0 Å². The normalized spacial score (nSPS) is 24.8. The van der Waals surface area contributed by atoms with Gasteiger partial charge >= 0.3 is 0 Å². The van der Waals surface area contributed by atoms with E-state index in [4.69, 9.17) is 0 Å². The van der Waals surface area contributed by atoms with Crippen LogP contribution < -0.4 is 10.6 Å². The van der Waals surface area contributed by atoms with Gasteiger partial charge in [-0.3, -0.25) is 4.79 Å². The van der Waals surface area contributed by atoms with Crippen molar-refractivity contribution >= 4 is 5.91 Å². The minimum Gasteiger partial charge on any atom is -0.352 e. The van der Waals surface area contributed by atoms with Gasteiger partial charge in [-0.1, -0.05) is 0 Å². The molecule has 3 rings (SSSR count). The van der Waals surface area contributed by atoms with Crippen LogP contribution >= 0.6 is 0 Å². The van der Waals surface area contributed by atoms with Gasteiger partial charge in [-0.05, 0) is 62.8 Å². The van der Waals surface area contributed by atoms with Gasteiger partial charge in [-0.2, -0.15) is 0 Å². The smallest absolute Gasteiger partial charge is 0.234 e. The number of hydrogen-bond donors (Lipinski definition) is 2. The number of nitrogens with one attached hydrogen (secondary N) is 2. The average molecular weight is 222 g/mol. The Hall–Kier alpha value is -0.570. The highest BCUT2D eigenvalue weighted by molar-refractivity contribution is 5.78. The SMILES string of the molecule is O=C(CNCC(C1CC1)C1CC1)NC1CC1. The second-order valence-corrected chi connectivity index (χ2v) is 5.81. The number of hydrogen-bond acceptors (Lipinski definition) is 2. The van der Waals surface area contributed by atoms with Crippen molar-refractivity contribution in [3.05, 3.63) is 0 Å². The number of carbonyl (C=O) groups excluding carboxylic acids is 1. The van der Waals surface area contributed by atoms with Crippen LogP contribution in [0.1, 0.15) is 38.5 Å². The molecule has 3 fully saturated rings. The zero-order valence-corrected chi connectivity index (χ0v) is 9.87. The fourth-order valence-electron chi connectivity index (χ4n) is 2.63. The summed E-state index contributed by atoms with van der Waals surface area (Å²) in [5, 5.41) is 6.36. The van der Waals surface area contributed by atoms with Crippen LogP contribution in [-0.2, 0) is 4.79 Å². The zero-order valence-electron chi connectivity index (χ0n) is 9.87. The maximum Gasteiger partial charge on any atom is 0.234 e. The van der Waals surface area contributed by atoms with Crippen molar-refractivity contribution in [2.45, 2.75) is 44.6 Å². The molecule has 3 nitrogen and oxygen atoms in total. The van der Waals surface area contributed by atoms with E-state index >= 15 is 0 Å². The summed E-state index contributed by atoms with van der Waals surface area (Å²) < 4.78 is 0. The van der Waals surface area contributed by atoms with Crippen LogP contribution in [-0.4, -0.2) is 25.0 Å². The van der Waals surface area contributed by atoms with Crippen molar-refractivity contribution in [2.75, 3.05) is 13.1 Å². The van der Waals surface area contributed by atoms with Crippen molar-refractivity contribution in [1.29, 1.82) is 0 Å². The van der Waals surface area contributed by atoms with Crippen molar-refractivity contribution in [3.8, 4) is 0 Å². The van der Waals surface area contributed by atoms with Crippen LogP contribution in [0.15, 0.2) is 0 Å². The van der Waals surface area contributed by atoms with Crippen molar-refractivity contribution < 1.29 is 4.79 Å². The first kappa shape index (κ1) is 10.6. The largest absolute Gasteiger partial charge is 0.352 e. The van der Waals surface area contributed by atoms with Crippen LogP contribution in [0.2, 0.25) is 0 Å². The summed E-state index contributed by atoms with van der Waals surface area (Å²) >= 11 is 0. The number of amides is 1. The molecule has 0 aromatic heterocycles. The Morgan fingerprint density at radius 2 is 1.69 bits per heavy atom. The van der Waals surface area contributed by atoms with Gasteiger partial charge in [0.1, 0.15) is 0 Å². The molecule has 0 bridgehead atoms. The van der Waals surface area contributed by atoms with E-state index < -0.39 is 0 Å². The summed E-state index contributed by atoms with van der Waals surface area (Å²) in [7, 11) is 0. The van der Waals surface area contributed by atoms with Gasteiger partial charge in [0.15, 0.2) is 0 Å². The summed E-state index contributed by atoms with van der Waals surface area (Å²) in [4.78, 5) is 11.5. The van der Waals surface area contributed by atoms with Crippen molar-refractivity contribution in [2.24, 2.45) is 17.8 Å². The Kier molecular flexibility index (Phi) is 2.88. The Bertz CT molecular complexity index is 255. The van der Waals surface area contributed by atoms with Gasteiger partial charge < -0.3 is 10.6 Å². The molecule has 0 atom stereocenters. The third-order valence-electron chi connectivity index (χ3n) is 4.06. The topological polar surface area (TPSA) is 41.1 Å². The van der Waals surface area contributed by atoms with Crippen LogP contribution in [0, 0.1) is 17.8 Å². The molecule has 90 valence electrons. The lowest BCUT2D eigenvalue weighted by Crippen LogP contribution is -2.37. The first-order valence-corrected chi connectivity index (χ1v) is 6.83. The Morgan fingerprint density at radius 1 is 1.06 bits per heavy atom. The fourth-order valence-corrected chi connectivity index (χ4v) is 2.63. The van der Waals surface area contributed by atoms with Crippen LogP contribution in [0.5, 0.6) is 0 Å². The van der Waals surface area contributed by atoms with Gasteiger partial charge in [-0.25, -0.2) is 0 Å².